The average molecular weight is 887 g/mol. The van der Waals surface area contributed by atoms with Gasteiger partial charge in [-0.15, -0.1) is 0 Å². The largest absolute Gasteiger partial charge is 0.472 e. The first kappa shape index (κ1) is 56.8. The number of carbonyl (C=O) groups excluding carboxylic acids is 2. The first-order valence-corrected chi connectivity index (χ1v) is 24.9. The Morgan fingerprint density at radius 1 is 0.508 bits per heavy atom. The molecule has 1 aliphatic rings. The molecule has 14 heteroatoms. The van der Waals surface area contributed by atoms with Crippen molar-refractivity contribution in [1.82, 2.24) is 0 Å². The Hall–Kier alpha value is -2.19. The number of phosphoric ester groups is 1. The minimum Gasteiger partial charge on any atom is -0.462 e. The molecule has 13 nitrogen and oxygen atoms in total. The lowest BCUT2D eigenvalue weighted by molar-refractivity contribution is -0.220. The summed E-state index contributed by atoms with van der Waals surface area (Å²) in [5.74, 6) is -1.16. The zero-order valence-corrected chi connectivity index (χ0v) is 38.3. The summed E-state index contributed by atoms with van der Waals surface area (Å²) < 4.78 is 33.5. The number of aliphatic hydroxyl groups is 5. The lowest BCUT2D eigenvalue weighted by atomic mass is 9.85. The first-order valence-electron chi connectivity index (χ1n) is 23.4. The lowest BCUT2D eigenvalue weighted by Gasteiger charge is -2.41. The van der Waals surface area contributed by atoms with Crippen molar-refractivity contribution in [3.8, 4) is 0 Å². The highest BCUT2D eigenvalue weighted by Crippen LogP contribution is 2.47. The van der Waals surface area contributed by atoms with E-state index in [1.54, 1.807) is 0 Å². The maximum atomic E-state index is 12.8. The topological polar surface area (TPSA) is 210 Å². The molecule has 0 aliphatic heterocycles. The van der Waals surface area contributed by atoms with Crippen LogP contribution in [0.2, 0.25) is 0 Å². The van der Waals surface area contributed by atoms with Crippen LogP contribution < -0.4 is 0 Å². The number of esters is 2. The molecule has 1 aliphatic carbocycles. The van der Waals surface area contributed by atoms with E-state index >= 15 is 0 Å². The summed E-state index contributed by atoms with van der Waals surface area (Å²) in [6, 6.07) is 0. The number of phosphoric acid groups is 1. The van der Waals surface area contributed by atoms with Crippen LogP contribution in [0.4, 0.5) is 0 Å². The zero-order valence-electron chi connectivity index (χ0n) is 37.4. The number of rotatable bonds is 38. The van der Waals surface area contributed by atoms with Gasteiger partial charge in [-0.1, -0.05) is 165 Å². The Balaban J connectivity index is 2.50. The normalized spacial score (nSPS) is 22.4. The number of hydrogen-bond donors (Lipinski definition) is 6. The number of hydrogen-bond acceptors (Lipinski definition) is 12. The SMILES string of the molecule is CCCCC/C=C/C/C=C/C/C=C/C/C=C/CCCC(=O)O[C@H](COC(=O)CCCCCCCCCCCCCCCCC)COP(=O)(O)OC1[C@H](O)[C@H](O)C(O)[C@H](O)[C@H]1O. The molecular formula is C47H83O13P. The van der Waals surface area contributed by atoms with Gasteiger partial charge in [0.2, 0.25) is 0 Å². The minimum absolute atomic E-state index is 0.0213. The summed E-state index contributed by atoms with van der Waals surface area (Å²) in [5, 5.41) is 50.1. The Morgan fingerprint density at radius 3 is 1.39 bits per heavy atom. The molecule has 354 valence electrons. The monoisotopic (exact) mass is 887 g/mol. The van der Waals surface area contributed by atoms with E-state index in [-0.39, 0.29) is 12.8 Å². The standard InChI is InChI=1S/C47H83O13P/c1-3-5-7-9-11-13-15-17-19-20-22-24-26-28-30-32-34-36-41(49)59-39(38-58-61(55,56)60-47-45(53)43(51)42(50)44(52)46(47)54)37-57-40(48)35-33-31-29-27-25-23-21-18-16-14-12-10-8-6-4-2/h11,13,17,19,22,24,28,30,39,42-47,50-54H,3-10,12,14-16,18,20-21,23,25-27,29,31-38H2,1-2H3,(H,55,56)/b13-11+,19-17+,24-22+,30-28+/t39-,42?,43-,44+,45-,46-,47?/m1/s1. The van der Waals surface area contributed by atoms with E-state index in [9.17, 15) is 44.6 Å². The van der Waals surface area contributed by atoms with Crippen LogP contribution in [-0.2, 0) is 32.7 Å². The molecule has 0 aromatic heterocycles. The van der Waals surface area contributed by atoms with Crippen LogP contribution in [0.15, 0.2) is 48.6 Å². The Morgan fingerprint density at radius 2 is 0.902 bits per heavy atom. The van der Waals surface area contributed by atoms with Crippen LogP contribution in [0, 0.1) is 0 Å². The van der Waals surface area contributed by atoms with Gasteiger partial charge < -0.3 is 39.9 Å². The smallest absolute Gasteiger partial charge is 0.462 e. The Kier molecular flexibility index (Phi) is 34.7. The second-order valence-electron chi connectivity index (χ2n) is 16.3. The number of allylic oxidation sites excluding steroid dienone is 8. The third-order valence-corrected chi connectivity index (χ3v) is 11.7. The third-order valence-electron chi connectivity index (χ3n) is 10.7. The van der Waals surface area contributed by atoms with Gasteiger partial charge >= 0.3 is 19.8 Å². The summed E-state index contributed by atoms with van der Waals surface area (Å²) in [5.41, 5.74) is 0. The quantitative estimate of drug-likeness (QED) is 0.0148. The van der Waals surface area contributed by atoms with Crippen LogP contribution in [0.1, 0.15) is 181 Å². The maximum absolute atomic E-state index is 12.8. The predicted octanol–water partition coefficient (Wildman–Crippen LogP) is 9.17. The Labute approximate surface area is 367 Å². The third kappa shape index (κ3) is 29.7. The number of ether oxygens (including phenoxy) is 2. The van der Waals surface area contributed by atoms with Crippen LogP contribution in [0.3, 0.4) is 0 Å². The van der Waals surface area contributed by atoms with Gasteiger partial charge in [0.25, 0.3) is 0 Å². The average Bonchev–Trinajstić information content (AvgIpc) is 3.24. The van der Waals surface area contributed by atoms with Crippen molar-refractivity contribution in [2.24, 2.45) is 0 Å². The van der Waals surface area contributed by atoms with Gasteiger partial charge in [-0.2, -0.15) is 0 Å². The molecule has 6 N–H and O–H groups in total. The van der Waals surface area contributed by atoms with Crippen molar-refractivity contribution in [3.05, 3.63) is 48.6 Å². The molecule has 1 rings (SSSR count). The molecule has 0 aromatic carbocycles. The highest BCUT2D eigenvalue weighted by atomic mass is 31.2. The van der Waals surface area contributed by atoms with Crippen LogP contribution in [-0.4, -0.2) is 98.3 Å². The molecule has 0 aromatic rings. The molecule has 61 heavy (non-hydrogen) atoms. The van der Waals surface area contributed by atoms with E-state index in [4.69, 9.17) is 18.5 Å². The van der Waals surface area contributed by atoms with Gasteiger partial charge in [0, 0.05) is 12.8 Å². The van der Waals surface area contributed by atoms with Gasteiger partial charge in [0.15, 0.2) is 6.10 Å². The lowest BCUT2D eigenvalue weighted by Crippen LogP contribution is -2.64. The van der Waals surface area contributed by atoms with E-state index < -0.39 is 75.7 Å². The fourth-order valence-corrected chi connectivity index (χ4v) is 7.84. The van der Waals surface area contributed by atoms with E-state index in [2.05, 4.69) is 50.3 Å². The molecule has 8 atom stereocenters. The highest BCUT2D eigenvalue weighted by molar-refractivity contribution is 7.47. The second-order valence-corrected chi connectivity index (χ2v) is 17.7. The molecular weight excluding hydrogens is 803 g/mol. The summed E-state index contributed by atoms with van der Waals surface area (Å²) in [4.78, 5) is 35.7. The molecule has 1 saturated carbocycles. The number of unbranched alkanes of at least 4 members (excludes halogenated alkanes) is 18. The number of aliphatic hydroxyl groups excluding tert-OH is 5. The highest BCUT2D eigenvalue weighted by Gasteiger charge is 2.51. The van der Waals surface area contributed by atoms with E-state index in [1.807, 2.05) is 12.2 Å². The molecule has 1 fully saturated rings. The second kappa shape index (κ2) is 37.2. The van der Waals surface area contributed by atoms with Crippen LogP contribution in [0.5, 0.6) is 0 Å². The first-order chi connectivity index (χ1) is 29.4. The van der Waals surface area contributed by atoms with Crippen molar-refractivity contribution in [1.29, 1.82) is 0 Å². The Bertz CT molecular complexity index is 1250. The molecule has 0 amide bonds. The van der Waals surface area contributed by atoms with Crippen LogP contribution >= 0.6 is 7.82 Å². The predicted molar refractivity (Wildman–Crippen MR) is 239 cm³/mol. The van der Waals surface area contributed by atoms with E-state index in [0.717, 1.165) is 44.9 Å². The molecule has 0 radical (unpaired) electrons. The number of carbonyl (C=O) groups is 2. The zero-order chi connectivity index (χ0) is 45.0. The maximum Gasteiger partial charge on any atom is 0.472 e. The summed E-state index contributed by atoms with van der Waals surface area (Å²) in [7, 11) is -5.13. The van der Waals surface area contributed by atoms with Crippen molar-refractivity contribution in [3.63, 3.8) is 0 Å². The van der Waals surface area contributed by atoms with Gasteiger partial charge in [0.1, 0.15) is 43.2 Å². The fraction of sp³-hybridized carbons (Fsp3) is 0.787. The van der Waals surface area contributed by atoms with Gasteiger partial charge in [0.05, 0.1) is 6.61 Å². The fourth-order valence-electron chi connectivity index (χ4n) is 6.87. The van der Waals surface area contributed by atoms with Gasteiger partial charge in [-0.25, -0.2) is 4.57 Å². The van der Waals surface area contributed by atoms with E-state index in [0.29, 0.717) is 19.3 Å². The van der Waals surface area contributed by atoms with Crippen molar-refractivity contribution < 1.29 is 63.1 Å². The van der Waals surface area contributed by atoms with Crippen molar-refractivity contribution in [2.75, 3.05) is 13.2 Å². The molecule has 0 bridgehead atoms. The summed E-state index contributed by atoms with van der Waals surface area (Å²) in [6.07, 6.45) is 30.3. The molecule has 0 spiro atoms. The molecule has 0 heterocycles. The van der Waals surface area contributed by atoms with Crippen molar-refractivity contribution >= 4 is 19.8 Å². The van der Waals surface area contributed by atoms with Gasteiger partial charge in [-0.3, -0.25) is 18.6 Å². The van der Waals surface area contributed by atoms with E-state index in [1.165, 1.54) is 89.9 Å². The van der Waals surface area contributed by atoms with Crippen molar-refractivity contribution in [2.45, 2.75) is 224 Å². The minimum atomic E-state index is -5.13. The molecule has 3 unspecified atom stereocenters. The van der Waals surface area contributed by atoms with Crippen LogP contribution in [0.25, 0.3) is 0 Å². The molecule has 0 saturated heterocycles. The van der Waals surface area contributed by atoms with Gasteiger partial charge in [-0.05, 0) is 51.4 Å². The summed E-state index contributed by atoms with van der Waals surface area (Å²) >= 11 is 0. The summed E-state index contributed by atoms with van der Waals surface area (Å²) in [6.45, 7) is 3.23.